The summed E-state index contributed by atoms with van der Waals surface area (Å²) in [5.74, 6) is 0.122. The van der Waals surface area contributed by atoms with Crippen molar-refractivity contribution in [3.8, 4) is 5.88 Å². The van der Waals surface area contributed by atoms with Gasteiger partial charge in [0.2, 0.25) is 5.88 Å². The average molecular weight is 433 g/mol. The van der Waals surface area contributed by atoms with Gasteiger partial charge in [-0.2, -0.15) is 0 Å². The Morgan fingerprint density at radius 3 is 2.68 bits per heavy atom. The number of pyridine rings is 2. The van der Waals surface area contributed by atoms with E-state index in [0.29, 0.717) is 34.2 Å². The fourth-order valence-electron chi connectivity index (χ4n) is 3.05. The molecule has 4 aromatic rings. The molecule has 8 nitrogen and oxygen atoms in total. The number of nitrogens with one attached hydrogen (secondary N) is 3. The van der Waals surface area contributed by atoms with Crippen molar-refractivity contribution >= 4 is 50.4 Å². The number of aromatic nitrogens is 2. The first-order valence-corrected chi connectivity index (χ1v) is 10.2. The van der Waals surface area contributed by atoms with Crippen molar-refractivity contribution in [3.63, 3.8) is 0 Å². The largest absolute Gasteiger partial charge is 0.480 e. The molecule has 0 aliphatic carbocycles. The van der Waals surface area contributed by atoms with Crippen LogP contribution in [0.4, 0.5) is 17.2 Å². The zero-order chi connectivity index (χ0) is 21.8. The van der Waals surface area contributed by atoms with Gasteiger partial charge in [0.25, 0.3) is 11.8 Å². The van der Waals surface area contributed by atoms with Gasteiger partial charge < -0.3 is 20.7 Å². The summed E-state index contributed by atoms with van der Waals surface area (Å²) in [5, 5.41) is 11.2. The third kappa shape index (κ3) is 4.17. The van der Waals surface area contributed by atoms with Gasteiger partial charge in [0.05, 0.1) is 23.9 Å². The summed E-state index contributed by atoms with van der Waals surface area (Å²) >= 11 is 1.50. The van der Waals surface area contributed by atoms with Crippen LogP contribution in [0.3, 0.4) is 0 Å². The summed E-state index contributed by atoms with van der Waals surface area (Å²) in [7, 11) is 3.05. The van der Waals surface area contributed by atoms with Gasteiger partial charge >= 0.3 is 0 Å². The van der Waals surface area contributed by atoms with Gasteiger partial charge in [-0.1, -0.05) is 18.2 Å². The minimum Gasteiger partial charge on any atom is -0.480 e. The van der Waals surface area contributed by atoms with E-state index in [1.54, 1.807) is 24.4 Å². The van der Waals surface area contributed by atoms with Crippen LogP contribution < -0.4 is 20.7 Å². The third-order valence-electron chi connectivity index (χ3n) is 4.57. The highest BCUT2D eigenvalue weighted by atomic mass is 32.1. The second-order valence-electron chi connectivity index (χ2n) is 6.48. The zero-order valence-corrected chi connectivity index (χ0v) is 17.6. The van der Waals surface area contributed by atoms with E-state index in [2.05, 4.69) is 25.9 Å². The maximum atomic E-state index is 13.1. The Bertz CT molecular complexity index is 1270. The van der Waals surface area contributed by atoms with E-state index < -0.39 is 0 Å². The monoisotopic (exact) mass is 433 g/mol. The predicted molar refractivity (Wildman–Crippen MR) is 121 cm³/mol. The highest BCUT2D eigenvalue weighted by Crippen LogP contribution is 2.31. The molecule has 0 bridgehead atoms. The molecule has 0 radical (unpaired) electrons. The molecule has 2 amide bonds. The molecule has 0 aliphatic heterocycles. The maximum absolute atomic E-state index is 13.1. The molecule has 0 aliphatic rings. The maximum Gasteiger partial charge on any atom is 0.257 e. The van der Waals surface area contributed by atoms with E-state index in [1.807, 2.05) is 29.6 Å². The minimum absolute atomic E-state index is 0.297. The van der Waals surface area contributed by atoms with E-state index in [9.17, 15) is 9.59 Å². The lowest BCUT2D eigenvalue weighted by atomic mass is 10.1. The molecule has 3 N–H and O–H groups in total. The normalized spacial score (nSPS) is 10.5. The van der Waals surface area contributed by atoms with Crippen LogP contribution >= 0.6 is 11.3 Å². The molecule has 4 rings (SSSR count). The minimum atomic E-state index is -0.311. The molecular weight excluding hydrogens is 414 g/mol. The number of rotatable bonds is 6. The molecule has 156 valence electrons. The van der Waals surface area contributed by atoms with E-state index in [0.717, 1.165) is 10.1 Å². The number of fused-ring (bicyclic) bond motifs is 1. The molecule has 0 saturated carbocycles. The van der Waals surface area contributed by atoms with Crippen molar-refractivity contribution < 1.29 is 14.3 Å². The van der Waals surface area contributed by atoms with Crippen LogP contribution in [0.5, 0.6) is 5.88 Å². The Morgan fingerprint density at radius 2 is 1.87 bits per heavy atom. The lowest BCUT2D eigenvalue weighted by molar-refractivity contribution is 0.0961. The first kappa shape index (κ1) is 20.3. The first-order valence-electron chi connectivity index (χ1n) is 9.36. The molecule has 9 heteroatoms. The summed E-state index contributed by atoms with van der Waals surface area (Å²) in [6.45, 7) is 0. The molecule has 1 aromatic carbocycles. The van der Waals surface area contributed by atoms with Gasteiger partial charge in [-0.15, -0.1) is 11.3 Å². The lowest BCUT2D eigenvalue weighted by Crippen LogP contribution is -2.19. The molecular formula is C22H19N5O3S. The molecule has 0 saturated heterocycles. The van der Waals surface area contributed by atoms with Crippen LogP contribution in [-0.2, 0) is 0 Å². The summed E-state index contributed by atoms with van der Waals surface area (Å²) in [6, 6.07) is 12.8. The van der Waals surface area contributed by atoms with Crippen LogP contribution in [-0.4, -0.2) is 35.9 Å². The highest BCUT2D eigenvalue weighted by Gasteiger charge is 2.17. The summed E-state index contributed by atoms with van der Waals surface area (Å²) in [6.07, 6.45) is 3.04. The van der Waals surface area contributed by atoms with Crippen LogP contribution in [0.2, 0.25) is 0 Å². The number of nitrogens with zero attached hydrogens (tertiary/aromatic N) is 2. The number of methoxy groups -OCH3 is 1. The Balaban J connectivity index is 1.71. The second kappa shape index (κ2) is 8.80. The third-order valence-corrected chi connectivity index (χ3v) is 5.53. The van der Waals surface area contributed by atoms with Crippen LogP contribution in [0, 0.1) is 0 Å². The lowest BCUT2D eigenvalue weighted by Gasteiger charge is -2.14. The fourth-order valence-corrected chi connectivity index (χ4v) is 3.99. The zero-order valence-electron chi connectivity index (χ0n) is 16.8. The summed E-state index contributed by atoms with van der Waals surface area (Å²) in [4.78, 5) is 33.7. The molecule has 0 unspecified atom stereocenters. The van der Waals surface area contributed by atoms with Crippen molar-refractivity contribution in [2.24, 2.45) is 0 Å². The number of anilines is 3. The number of benzene rings is 1. The van der Waals surface area contributed by atoms with Crippen molar-refractivity contribution in [2.75, 3.05) is 24.8 Å². The van der Waals surface area contributed by atoms with E-state index in [1.165, 1.54) is 31.7 Å². The highest BCUT2D eigenvalue weighted by molar-refractivity contribution is 7.17. The molecule has 31 heavy (non-hydrogen) atoms. The standard InChI is InChI=1S/C22H19N5O3S/c1-23-20(28)13-10-17(19(25-11-13)26-16-7-5-9-24-22(16)30-2)27-21(29)15-12-31-18-8-4-3-6-14(15)18/h3-12H,1-2H3,(H,23,28)(H,25,26)(H,27,29). The summed E-state index contributed by atoms with van der Waals surface area (Å²) < 4.78 is 6.29. The number of hydrogen-bond acceptors (Lipinski definition) is 7. The van der Waals surface area contributed by atoms with Crippen molar-refractivity contribution in [2.45, 2.75) is 0 Å². The topological polar surface area (TPSA) is 105 Å². The van der Waals surface area contributed by atoms with Gasteiger partial charge in [-0.3, -0.25) is 9.59 Å². The number of amides is 2. The number of carbonyl (C=O) groups is 2. The Hall–Kier alpha value is -3.98. The van der Waals surface area contributed by atoms with Crippen molar-refractivity contribution in [1.29, 1.82) is 0 Å². The van der Waals surface area contributed by atoms with E-state index >= 15 is 0 Å². The quantitative estimate of drug-likeness (QED) is 0.424. The Kier molecular flexibility index (Phi) is 5.76. The Morgan fingerprint density at radius 1 is 1.03 bits per heavy atom. The number of thiophene rings is 1. The SMILES string of the molecule is CNC(=O)c1cnc(Nc2cccnc2OC)c(NC(=O)c2csc3ccccc23)c1. The molecule has 0 fully saturated rings. The van der Waals surface area contributed by atoms with Gasteiger partial charge in [-0.05, 0) is 24.3 Å². The van der Waals surface area contributed by atoms with Crippen molar-refractivity contribution in [1.82, 2.24) is 15.3 Å². The number of hydrogen-bond donors (Lipinski definition) is 3. The number of ether oxygens (including phenoxy) is 1. The van der Waals surface area contributed by atoms with Gasteiger partial charge in [-0.25, -0.2) is 9.97 Å². The van der Waals surface area contributed by atoms with Gasteiger partial charge in [0.15, 0.2) is 5.82 Å². The van der Waals surface area contributed by atoms with Crippen LogP contribution in [0.15, 0.2) is 60.2 Å². The van der Waals surface area contributed by atoms with Crippen molar-refractivity contribution in [3.05, 3.63) is 71.4 Å². The fraction of sp³-hybridized carbons (Fsp3) is 0.0909. The van der Waals surface area contributed by atoms with Gasteiger partial charge in [0.1, 0.15) is 5.69 Å². The number of carbonyl (C=O) groups excluding carboxylic acids is 2. The smallest absolute Gasteiger partial charge is 0.257 e. The second-order valence-corrected chi connectivity index (χ2v) is 7.40. The van der Waals surface area contributed by atoms with Gasteiger partial charge in [0, 0.05) is 34.9 Å². The van der Waals surface area contributed by atoms with E-state index in [-0.39, 0.29) is 11.8 Å². The van der Waals surface area contributed by atoms with Crippen LogP contribution in [0.25, 0.3) is 10.1 Å². The Labute approximate surface area is 182 Å². The summed E-state index contributed by atoms with van der Waals surface area (Å²) in [5.41, 5.74) is 1.79. The molecule has 3 heterocycles. The average Bonchev–Trinajstić information content (AvgIpc) is 3.24. The molecule has 3 aromatic heterocycles. The van der Waals surface area contributed by atoms with E-state index in [4.69, 9.17) is 4.74 Å². The predicted octanol–water partition coefficient (Wildman–Crippen LogP) is 4.06. The van der Waals surface area contributed by atoms with Crippen LogP contribution in [0.1, 0.15) is 20.7 Å². The molecule has 0 spiro atoms. The first-order chi connectivity index (χ1) is 15.1. The molecule has 0 atom stereocenters.